The molecule has 0 saturated carbocycles. The van der Waals surface area contributed by atoms with Crippen molar-refractivity contribution in [3.05, 3.63) is 24.3 Å². The maximum absolute atomic E-state index is 11.3. The molecule has 0 heterocycles. The van der Waals surface area contributed by atoms with Crippen LogP contribution in [0.5, 0.6) is 0 Å². The highest BCUT2D eigenvalue weighted by molar-refractivity contribution is 7.85. The molecule has 0 amide bonds. The first kappa shape index (κ1) is 10.4. The Hall–Kier alpha value is -0.645. The third-order valence-electron chi connectivity index (χ3n) is 1.68. The Bertz CT molecular complexity index is 314. The predicted octanol–water partition coefficient (Wildman–Crippen LogP) is -0.506. The highest BCUT2D eigenvalue weighted by Gasteiger charge is 2.11. The maximum Gasteiger partial charge on any atom is 0.488 e. The van der Waals surface area contributed by atoms with Gasteiger partial charge in [0, 0.05) is 10.6 Å². The van der Waals surface area contributed by atoms with E-state index in [0.29, 0.717) is 16.1 Å². The standard InChI is InChI=1S/C8H11BO3S/c1-2-13(12)8-5-3-4-7(6-8)9(10)11/h3-6,10-11H,2H2,1H3/t13-/m0/s1. The Morgan fingerprint density at radius 1 is 1.46 bits per heavy atom. The second-order valence-corrected chi connectivity index (χ2v) is 4.32. The molecule has 0 fully saturated rings. The summed E-state index contributed by atoms with van der Waals surface area (Å²) in [7, 11) is -2.53. The summed E-state index contributed by atoms with van der Waals surface area (Å²) in [4.78, 5) is 0.633. The second kappa shape index (κ2) is 4.55. The first-order chi connectivity index (χ1) is 6.15. The molecule has 1 aromatic rings. The molecule has 0 aliphatic rings. The Morgan fingerprint density at radius 3 is 2.69 bits per heavy atom. The molecule has 0 saturated heterocycles. The largest absolute Gasteiger partial charge is 0.488 e. The van der Waals surface area contributed by atoms with E-state index in [1.807, 2.05) is 6.92 Å². The van der Waals surface area contributed by atoms with Gasteiger partial charge in [0.1, 0.15) is 0 Å². The molecule has 5 heteroatoms. The molecule has 0 spiro atoms. The van der Waals surface area contributed by atoms with Crippen LogP contribution in [0.25, 0.3) is 0 Å². The molecule has 1 atom stereocenters. The van der Waals surface area contributed by atoms with Crippen LogP contribution in [0.4, 0.5) is 0 Å². The van der Waals surface area contributed by atoms with E-state index >= 15 is 0 Å². The van der Waals surface area contributed by atoms with Crippen molar-refractivity contribution in [2.75, 3.05) is 5.75 Å². The minimum atomic E-state index is -1.49. The van der Waals surface area contributed by atoms with E-state index in [0.717, 1.165) is 0 Å². The van der Waals surface area contributed by atoms with Gasteiger partial charge in [0.2, 0.25) is 0 Å². The highest BCUT2D eigenvalue weighted by atomic mass is 32.2. The maximum atomic E-state index is 11.3. The normalized spacial score (nSPS) is 12.5. The van der Waals surface area contributed by atoms with Gasteiger partial charge in [-0.1, -0.05) is 19.1 Å². The Kier molecular flexibility index (Phi) is 3.65. The van der Waals surface area contributed by atoms with Gasteiger partial charge in [-0.2, -0.15) is 0 Å². The second-order valence-electron chi connectivity index (χ2n) is 2.58. The summed E-state index contributed by atoms with van der Waals surface area (Å²) < 4.78 is 11.3. The average molecular weight is 198 g/mol. The van der Waals surface area contributed by atoms with Gasteiger partial charge < -0.3 is 10.0 Å². The summed E-state index contributed by atoms with van der Waals surface area (Å²) in [6.07, 6.45) is 0. The summed E-state index contributed by atoms with van der Waals surface area (Å²) >= 11 is 0. The van der Waals surface area contributed by atoms with Crippen molar-refractivity contribution in [3.63, 3.8) is 0 Å². The summed E-state index contributed by atoms with van der Waals surface area (Å²) in [6, 6.07) is 6.51. The summed E-state index contributed by atoms with van der Waals surface area (Å²) in [5.74, 6) is 0.533. The molecule has 2 N–H and O–H groups in total. The third kappa shape index (κ3) is 2.65. The summed E-state index contributed by atoms with van der Waals surface area (Å²) in [5, 5.41) is 17.7. The first-order valence-electron chi connectivity index (χ1n) is 3.99. The van der Waals surface area contributed by atoms with Crippen molar-refractivity contribution >= 4 is 23.4 Å². The zero-order chi connectivity index (χ0) is 9.84. The Balaban J connectivity index is 2.98. The molecule has 0 radical (unpaired) electrons. The van der Waals surface area contributed by atoms with Gasteiger partial charge in [0.15, 0.2) is 0 Å². The molecule has 3 nitrogen and oxygen atoms in total. The van der Waals surface area contributed by atoms with E-state index in [1.165, 1.54) is 0 Å². The smallest absolute Gasteiger partial charge is 0.423 e. The molecule has 0 aliphatic heterocycles. The number of rotatable bonds is 3. The van der Waals surface area contributed by atoms with E-state index in [2.05, 4.69) is 0 Å². The molecular weight excluding hydrogens is 187 g/mol. The van der Waals surface area contributed by atoms with Crippen molar-refractivity contribution in [3.8, 4) is 0 Å². The zero-order valence-corrected chi connectivity index (χ0v) is 8.12. The lowest BCUT2D eigenvalue weighted by Gasteiger charge is -2.02. The van der Waals surface area contributed by atoms with Gasteiger partial charge in [-0.15, -0.1) is 0 Å². The van der Waals surface area contributed by atoms with Crippen molar-refractivity contribution in [2.45, 2.75) is 11.8 Å². The molecule has 1 rings (SSSR count). The van der Waals surface area contributed by atoms with E-state index in [9.17, 15) is 4.21 Å². The van der Waals surface area contributed by atoms with E-state index < -0.39 is 17.9 Å². The van der Waals surface area contributed by atoms with Crippen LogP contribution in [0, 0.1) is 0 Å². The molecule has 0 unspecified atom stereocenters. The van der Waals surface area contributed by atoms with Crippen LogP contribution in [0.2, 0.25) is 0 Å². The molecule has 0 aromatic heterocycles. The molecule has 0 bridgehead atoms. The number of benzene rings is 1. The Labute approximate surface area is 80.0 Å². The highest BCUT2D eigenvalue weighted by Crippen LogP contribution is 2.03. The van der Waals surface area contributed by atoms with Crippen molar-refractivity contribution < 1.29 is 14.3 Å². The zero-order valence-electron chi connectivity index (χ0n) is 7.30. The Morgan fingerprint density at radius 2 is 2.15 bits per heavy atom. The van der Waals surface area contributed by atoms with Gasteiger partial charge in [0.05, 0.1) is 10.8 Å². The van der Waals surface area contributed by atoms with Gasteiger partial charge in [-0.25, -0.2) is 0 Å². The molecule has 13 heavy (non-hydrogen) atoms. The van der Waals surface area contributed by atoms with Crippen LogP contribution >= 0.6 is 0 Å². The van der Waals surface area contributed by atoms with Crippen LogP contribution in [0.3, 0.4) is 0 Å². The van der Waals surface area contributed by atoms with E-state index in [-0.39, 0.29) is 0 Å². The predicted molar refractivity (Wildman–Crippen MR) is 53.2 cm³/mol. The lowest BCUT2D eigenvalue weighted by Crippen LogP contribution is -2.29. The van der Waals surface area contributed by atoms with E-state index in [1.54, 1.807) is 24.3 Å². The summed E-state index contributed by atoms with van der Waals surface area (Å²) in [5.41, 5.74) is 0.374. The lowest BCUT2D eigenvalue weighted by molar-refractivity contribution is 0.425. The van der Waals surface area contributed by atoms with Crippen molar-refractivity contribution in [1.29, 1.82) is 0 Å². The quantitative estimate of drug-likeness (QED) is 0.643. The summed E-state index contributed by atoms with van der Waals surface area (Å²) in [6.45, 7) is 1.82. The lowest BCUT2D eigenvalue weighted by atomic mass is 9.80. The average Bonchev–Trinajstić information content (AvgIpc) is 2.17. The number of hydrogen-bond donors (Lipinski definition) is 2. The molecule has 0 aliphatic carbocycles. The number of hydrogen-bond acceptors (Lipinski definition) is 3. The van der Waals surface area contributed by atoms with Crippen molar-refractivity contribution in [2.24, 2.45) is 0 Å². The fraction of sp³-hybridized carbons (Fsp3) is 0.250. The minimum Gasteiger partial charge on any atom is -0.423 e. The van der Waals surface area contributed by atoms with Gasteiger partial charge in [-0.05, 0) is 17.6 Å². The first-order valence-corrected chi connectivity index (χ1v) is 5.31. The molecule has 70 valence electrons. The van der Waals surface area contributed by atoms with Crippen LogP contribution < -0.4 is 5.46 Å². The third-order valence-corrected chi connectivity index (χ3v) is 2.99. The van der Waals surface area contributed by atoms with Gasteiger partial charge in [-0.3, -0.25) is 4.21 Å². The topological polar surface area (TPSA) is 57.5 Å². The van der Waals surface area contributed by atoms with Crippen LogP contribution in [-0.2, 0) is 10.8 Å². The minimum absolute atomic E-state index is 0.374. The van der Waals surface area contributed by atoms with Crippen molar-refractivity contribution in [1.82, 2.24) is 0 Å². The van der Waals surface area contributed by atoms with Crippen LogP contribution in [0.15, 0.2) is 29.2 Å². The fourth-order valence-electron chi connectivity index (χ4n) is 0.983. The van der Waals surface area contributed by atoms with Gasteiger partial charge >= 0.3 is 7.12 Å². The molecule has 1 aromatic carbocycles. The van der Waals surface area contributed by atoms with Crippen LogP contribution in [-0.4, -0.2) is 27.1 Å². The fourth-order valence-corrected chi connectivity index (χ4v) is 1.81. The monoisotopic (exact) mass is 198 g/mol. The van der Waals surface area contributed by atoms with E-state index in [4.69, 9.17) is 10.0 Å². The van der Waals surface area contributed by atoms with Gasteiger partial charge in [0.25, 0.3) is 0 Å². The molecular formula is C8H11BO3S. The SMILES string of the molecule is CC[S@](=O)c1cccc(B(O)O)c1. The van der Waals surface area contributed by atoms with Crippen LogP contribution in [0.1, 0.15) is 6.92 Å².